The van der Waals surface area contributed by atoms with E-state index in [-0.39, 0.29) is 24.7 Å². The number of rotatable bonds is 5. The number of carbonyl (C=O) groups excluding carboxylic acids is 1. The zero-order valence-electron chi connectivity index (χ0n) is 12.7. The first-order valence-corrected chi connectivity index (χ1v) is 7.79. The first kappa shape index (κ1) is 15.2. The van der Waals surface area contributed by atoms with Crippen molar-refractivity contribution in [1.82, 2.24) is 25.1 Å². The second-order valence-electron chi connectivity index (χ2n) is 5.19. The SMILES string of the molecule is CN(Cc1n[nH]c(=O)[nH]1)C(=O)CN(C)c1nc2ccccc2s1. The molecule has 0 atom stereocenters. The highest BCUT2D eigenvalue weighted by Crippen LogP contribution is 2.27. The van der Waals surface area contributed by atoms with E-state index in [1.165, 1.54) is 4.90 Å². The van der Waals surface area contributed by atoms with E-state index >= 15 is 0 Å². The molecule has 9 heteroatoms. The van der Waals surface area contributed by atoms with Crippen molar-refractivity contribution in [2.75, 3.05) is 25.5 Å². The molecule has 0 aliphatic rings. The van der Waals surface area contributed by atoms with Crippen molar-refractivity contribution >= 4 is 32.6 Å². The minimum atomic E-state index is -0.382. The molecular formula is C14H16N6O2S. The van der Waals surface area contributed by atoms with Crippen molar-refractivity contribution < 1.29 is 4.79 Å². The van der Waals surface area contributed by atoms with E-state index in [9.17, 15) is 9.59 Å². The van der Waals surface area contributed by atoms with E-state index in [4.69, 9.17) is 0 Å². The number of fused-ring (bicyclic) bond motifs is 1. The summed E-state index contributed by atoms with van der Waals surface area (Å²) in [5, 5.41) is 6.86. The lowest BCUT2D eigenvalue weighted by atomic mass is 10.3. The molecule has 0 spiro atoms. The van der Waals surface area contributed by atoms with Crippen LogP contribution in [-0.4, -0.2) is 51.6 Å². The van der Waals surface area contributed by atoms with Crippen LogP contribution in [0.25, 0.3) is 10.2 Å². The van der Waals surface area contributed by atoms with Crippen LogP contribution in [0.3, 0.4) is 0 Å². The van der Waals surface area contributed by atoms with Gasteiger partial charge in [0.25, 0.3) is 0 Å². The summed E-state index contributed by atoms with van der Waals surface area (Å²) >= 11 is 1.55. The zero-order valence-corrected chi connectivity index (χ0v) is 13.6. The van der Waals surface area contributed by atoms with Crippen LogP contribution in [0.15, 0.2) is 29.1 Å². The minimum absolute atomic E-state index is 0.0874. The quantitative estimate of drug-likeness (QED) is 0.720. The van der Waals surface area contributed by atoms with Gasteiger partial charge in [0, 0.05) is 14.1 Å². The Bertz CT molecular complexity index is 849. The maximum atomic E-state index is 12.3. The standard InChI is InChI=1S/C14H16N6O2S/c1-19(7-11-16-13(22)18-17-11)12(21)8-20(2)14-15-9-5-3-4-6-10(9)23-14/h3-6H,7-8H2,1-2H3,(H2,16,17,18,22). The second kappa shape index (κ2) is 6.21. The molecule has 0 saturated heterocycles. The van der Waals surface area contributed by atoms with Gasteiger partial charge in [-0.3, -0.25) is 9.78 Å². The highest BCUT2D eigenvalue weighted by Gasteiger charge is 2.16. The van der Waals surface area contributed by atoms with Gasteiger partial charge >= 0.3 is 5.69 Å². The van der Waals surface area contributed by atoms with Crippen molar-refractivity contribution in [3.05, 3.63) is 40.6 Å². The van der Waals surface area contributed by atoms with Crippen LogP contribution < -0.4 is 10.6 Å². The van der Waals surface area contributed by atoms with Crippen LogP contribution >= 0.6 is 11.3 Å². The molecule has 0 unspecified atom stereocenters. The van der Waals surface area contributed by atoms with Crippen LogP contribution in [0.1, 0.15) is 5.82 Å². The molecule has 0 aliphatic heterocycles. The molecule has 120 valence electrons. The van der Waals surface area contributed by atoms with Crippen molar-refractivity contribution in [2.45, 2.75) is 6.54 Å². The summed E-state index contributed by atoms with van der Waals surface area (Å²) in [6.07, 6.45) is 0. The smallest absolute Gasteiger partial charge is 0.340 e. The molecule has 2 N–H and O–H groups in total. The molecule has 0 saturated carbocycles. The highest BCUT2D eigenvalue weighted by atomic mass is 32.1. The predicted molar refractivity (Wildman–Crippen MR) is 88.6 cm³/mol. The Morgan fingerprint density at radius 1 is 1.30 bits per heavy atom. The van der Waals surface area contributed by atoms with Gasteiger partial charge in [0.1, 0.15) is 0 Å². The second-order valence-corrected chi connectivity index (χ2v) is 6.20. The molecule has 0 radical (unpaired) electrons. The number of aromatic nitrogens is 4. The topological polar surface area (TPSA) is 98.0 Å². The number of carbonyl (C=O) groups is 1. The number of benzene rings is 1. The maximum absolute atomic E-state index is 12.3. The molecule has 8 nitrogen and oxygen atoms in total. The Hall–Kier alpha value is -2.68. The maximum Gasteiger partial charge on any atom is 0.340 e. The van der Waals surface area contributed by atoms with Gasteiger partial charge in [0.15, 0.2) is 11.0 Å². The minimum Gasteiger partial charge on any atom is -0.342 e. The van der Waals surface area contributed by atoms with Crippen LogP contribution in [0.5, 0.6) is 0 Å². The van der Waals surface area contributed by atoms with E-state index in [0.717, 1.165) is 15.3 Å². The molecule has 0 aliphatic carbocycles. The zero-order chi connectivity index (χ0) is 16.4. The molecule has 3 rings (SSSR count). The summed E-state index contributed by atoms with van der Waals surface area (Å²) in [7, 11) is 3.50. The summed E-state index contributed by atoms with van der Waals surface area (Å²) in [4.78, 5) is 33.7. The van der Waals surface area contributed by atoms with Crippen LogP contribution in [0, 0.1) is 0 Å². The average Bonchev–Trinajstić information content (AvgIpc) is 3.13. The Morgan fingerprint density at radius 2 is 2.09 bits per heavy atom. The van der Waals surface area contributed by atoms with Gasteiger partial charge < -0.3 is 9.80 Å². The molecule has 2 aromatic heterocycles. The number of amides is 1. The van der Waals surface area contributed by atoms with Gasteiger partial charge in [-0.25, -0.2) is 14.9 Å². The van der Waals surface area contributed by atoms with E-state index in [0.29, 0.717) is 5.82 Å². The fraction of sp³-hybridized carbons (Fsp3) is 0.286. The number of likely N-dealkylation sites (N-methyl/N-ethyl adjacent to an activating group) is 2. The Kier molecular flexibility index (Phi) is 4.11. The Balaban J connectivity index is 1.65. The van der Waals surface area contributed by atoms with Gasteiger partial charge in [0.2, 0.25) is 5.91 Å². The Labute approximate surface area is 135 Å². The summed E-state index contributed by atoms with van der Waals surface area (Å²) in [5.41, 5.74) is 0.543. The van der Waals surface area contributed by atoms with Crippen molar-refractivity contribution in [2.24, 2.45) is 0 Å². The summed E-state index contributed by atoms with van der Waals surface area (Å²) in [6.45, 7) is 0.441. The number of hydrogen-bond acceptors (Lipinski definition) is 6. The fourth-order valence-electron chi connectivity index (χ4n) is 2.11. The number of nitrogens with one attached hydrogen (secondary N) is 2. The van der Waals surface area contributed by atoms with E-state index in [1.807, 2.05) is 36.2 Å². The van der Waals surface area contributed by atoms with Crippen molar-refractivity contribution in [3.8, 4) is 0 Å². The number of aromatic amines is 2. The molecule has 3 aromatic rings. The van der Waals surface area contributed by atoms with Gasteiger partial charge in [-0.1, -0.05) is 23.5 Å². The molecular weight excluding hydrogens is 316 g/mol. The first-order valence-electron chi connectivity index (χ1n) is 6.97. The first-order chi connectivity index (χ1) is 11.0. The van der Waals surface area contributed by atoms with E-state index in [2.05, 4.69) is 20.2 Å². The van der Waals surface area contributed by atoms with Gasteiger partial charge in [-0.2, -0.15) is 5.10 Å². The molecule has 23 heavy (non-hydrogen) atoms. The van der Waals surface area contributed by atoms with Gasteiger partial charge in [-0.05, 0) is 12.1 Å². The monoisotopic (exact) mass is 332 g/mol. The normalized spacial score (nSPS) is 10.9. The summed E-state index contributed by atoms with van der Waals surface area (Å²) < 4.78 is 1.09. The third kappa shape index (κ3) is 3.39. The number of H-pyrrole nitrogens is 2. The highest BCUT2D eigenvalue weighted by molar-refractivity contribution is 7.22. The van der Waals surface area contributed by atoms with Crippen molar-refractivity contribution in [1.29, 1.82) is 0 Å². The van der Waals surface area contributed by atoms with Crippen LogP contribution in [0.2, 0.25) is 0 Å². The molecule has 1 amide bonds. The number of thiazole rings is 1. The third-order valence-electron chi connectivity index (χ3n) is 3.34. The number of nitrogens with zero attached hydrogens (tertiary/aromatic N) is 4. The molecule has 0 fully saturated rings. The largest absolute Gasteiger partial charge is 0.342 e. The Morgan fingerprint density at radius 3 is 2.78 bits per heavy atom. The third-order valence-corrected chi connectivity index (χ3v) is 4.50. The lowest BCUT2D eigenvalue weighted by molar-refractivity contribution is -0.129. The molecule has 0 bridgehead atoms. The van der Waals surface area contributed by atoms with Crippen molar-refractivity contribution in [3.63, 3.8) is 0 Å². The lowest BCUT2D eigenvalue weighted by Gasteiger charge is -2.20. The molecule has 2 heterocycles. The average molecular weight is 332 g/mol. The van der Waals surface area contributed by atoms with Gasteiger partial charge in [-0.15, -0.1) is 0 Å². The lowest BCUT2D eigenvalue weighted by Crippen LogP contribution is -2.36. The number of anilines is 1. The van der Waals surface area contributed by atoms with Crippen LogP contribution in [-0.2, 0) is 11.3 Å². The fourth-order valence-corrected chi connectivity index (χ4v) is 3.03. The predicted octanol–water partition coefficient (Wildman–Crippen LogP) is 0.803. The van der Waals surface area contributed by atoms with E-state index < -0.39 is 0 Å². The molecule has 1 aromatic carbocycles. The summed E-state index contributed by atoms with van der Waals surface area (Å²) in [6, 6.07) is 7.86. The summed E-state index contributed by atoms with van der Waals surface area (Å²) in [5.74, 6) is 0.337. The number of hydrogen-bond donors (Lipinski definition) is 2. The number of para-hydroxylation sites is 1. The van der Waals surface area contributed by atoms with Crippen LogP contribution in [0.4, 0.5) is 5.13 Å². The van der Waals surface area contributed by atoms with Gasteiger partial charge in [0.05, 0.1) is 23.3 Å². The van der Waals surface area contributed by atoms with E-state index in [1.54, 1.807) is 18.4 Å².